The van der Waals surface area contributed by atoms with Gasteiger partial charge in [0.05, 0.1) is 6.10 Å². The SMILES string of the molecule is O=C(C=Cc1ccc(C2CCCN2CC(O)c2ccccc2)cc1)NO. The molecule has 2 atom stereocenters. The van der Waals surface area contributed by atoms with Crippen LogP contribution in [-0.4, -0.2) is 34.2 Å². The Kier molecular flexibility index (Phi) is 6.17. The number of likely N-dealkylation sites (tertiary alicyclic amines) is 1. The van der Waals surface area contributed by atoms with Crippen LogP contribution < -0.4 is 5.48 Å². The summed E-state index contributed by atoms with van der Waals surface area (Å²) in [5, 5.41) is 19.0. The van der Waals surface area contributed by atoms with Gasteiger partial charge in [-0.3, -0.25) is 14.9 Å². The van der Waals surface area contributed by atoms with Crippen LogP contribution in [0.4, 0.5) is 0 Å². The summed E-state index contributed by atoms with van der Waals surface area (Å²) in [5.41, 5.74) is 4.63. The normalized spacial score (nSPS) is 18.9. The molecule has 1 aliphatic heterocycles. The Morgan fingerprint density at radius 1 is 1.19 bits per heavy atom. The molecular formula is C21H24N2O3. The van der Waals surface area contributed by atoms with Gasteiger partial charge in [-0.05, 0) is 42.2 Å². The molecule has 1 saturated heterocycles. The summed E-state index contributed by atoms with van der Waals surface area (Å²) in [5.74, 6) is -0.550. The summed E-state index contributed by atoms with van der Waals surface area (Å²) >= 11 is 0. The fourth-order valence-corrected chi connectivity index (χ4v) is 3.46. The number of hydroxylamine groups is 1. The number of hydrogen-bond acceptors (Lipinski definition) is 4. The van der Waals surface area contributed by atoms with Crippen LogP contribution in [0.5, 0.6) is 0 Å². The van der Waals surface area contributed by atoms with Gasteiger partial charge in [-0.15, -0.1) is 0 Å². The smallest absolute Gasteiger partial charge is 0.267 e. The minimum atomic E-state index is -0.550. The molecule has 0 spiro atoms. The lowest BCUT2D eigenvalue weighted by molar-refractivity contribution is -0.124. The molecule has 0 aromatic heterocycles. The van der Waals surface area contributed by atoms with Gasteiger partial charge in [0.15, 0.2) is 0 Å². The molecule has 5 heteroatoms. The molecule has 1 aliphatic rings. The lowest BCUT2D eigenvalue weighted by atomic mass is 10.0. The number of aliphatic hydroxyl groups excluding tert-OH is 1. The standard InChI is InChI=1S/C21H24N2O3/c24-20(18-5-2-1-3-6-18)15-23-14-4-7-19(23)17-11-8-16(9-12-17)10-13-21(25)22-26/h1-3,5-6,8-13,19-20,24,26H,4,7,14-15H2,(H,22,25). The number of nitrogens with one attached hydrogen (secondary N) is 1. The van der Waals surface area contributed by atoms with Crippen molar-refractivity contribution in [2.45, 2.75) is 25.0 Å². The molecule has 2 aromatic rings. The molecule has 1 fully saturated rings. The molecule has 1 amide bonds. The van der Waals surface area contributed by atoms with Gasteiger partial charge in [0.1, 0.15) is 0 Å². The molecule has 0 bridgehead atoms. The molecule has 26 heavy (non-hydrogen) atoms. The summed E-state index contributed by atoms with van der Waals surface area (Å²) in [6.07, 6.45) is 4.64. The number of amides is 1. The predicted octanol–water partition coefficient (Wildman–Crippen LogP) is 3.08. The molecule has 3 N–H and O–H groups in total. The lowest BCUT2D eigenvalue weighted by Crippen LogP contribution is -2.28. The zero-order valence-electron chi connectivity index (χ0n) is 14.6. The number of hydrogen-bond donors (Lipinski definition) is 3. The summed E-state index contributed by atoms with van der Waals surface area (Å²) in [6.45, 7) is 1.60. The highest BCUT2D eigenvalue weighted by atomic mass is 16.5. The maximum atomic E-state index is 11.0. The highest BCUT2D eigenvalue weighted by Crippen LogP contribution is 2.33. The van der Waals surface area contributed by atoms with Gasteiger partial charge >= 0.3 is 0 Å². The minimum Gasteiger partial charge on any atom is -0.387 e. The number of rotatable bonds is 6. The zero-order valence-corrected chi connectivity index (χ0v) is 14.6. The van der Waals surface area contributed by atoms with Gasteiger partial charge in [-0.1, -0.05) is 54.6 Å². The lowest BCUT2D eigenvalue weighted by Gasteiger charge is -2.27. The first-order valence-corrected chi connectivity index (χ1v) is 8.86. The highest BCUT2D eigenvalue weighted by Gasteiger charge is 2.27. The van der Waals surface area contributed by atoms with E-state index in [9.17, 15) is 9.90 Å². The van der Waals surface area contributed by atoms with Crippen LogP contribution in [0.3, 0.4) is 0 Å². The average Bonchev–Trinajstić information content (AvgIpc) is 3.15. The van der Waals surface area contributed by atoms with E-state index >= 15 is 0 Å². The second-order valence-electron chi connectivity index (χ2n) is 6.56. The van der Waals surface area contributed by atoms with Crippen molar-refractivity contribution in [2.75, 3.05) is 13.1 Å². The van der Waals surface area contributed by atoms with Gasteiger partial charge in [0.2, 0.25) is 0 Å². The van der Waals surface area contributed by atoms with Crippen LogP contribution in [0.2, 0.25) is 0 Å². The molecule has 5 nitrogen and oxygen atoms in total. The number of carbonyl (C=O) groups excluding carboxylic acids is 1. The molecule has 0 saturated carbocycles. The van der Waals surface area contributed by atoms with Crippen molar-refractivity contribution in [1.82, 2.24) is 10.4 Å². The molecule has 0 aliphatic carbocycles. The van der Waals surface area contributed by atoms with E-state index in [2.05, 4.69) is 17.0 Å². The van der Waals surface area contributed by atoms with Crippen molar-refractivity contribution < 1.29 is 15.1 Å². The quantitative estimate of drug-likeness (QED) is 0.424. The second-order valence-corrected chi connectivity index (χ2v) is 6.56. The minimum absolute atomic E-state index is 0.298. The fraction of sp³-hybridized carbons (Fsp3) is 0.286. The van der Waals surface area contributed by atoms with Gasteiger partial charge < -0.3 is 5.11 Å². The fourth-order valence-electron chi connectivity index (χ4n) is 3.46. The highest BCUT2D eigenvalue weighted by molar-refractivity contribution is 5.90. The van der Waals surface area contributed by atoms with Gasteiger partial charge in [-0.25, -0.2) is 5.48 Å². The Hall–Kier alpha value is -2.47. The molecule has 2 unspecified atom stereocenters. The Labute approximate surface area is 153 Å². The van der Waals surface area contributed by atoms with Crippen LogP contribution in [0.25, 0.3) is 6.08 Å². The predicted molar refractivity (Wildman–Crippen MR) is 100 cm³/mol. The average molecular weight is 352 g/mol. The topological polar surface area (TPSA) is 72.8 Å². The number of carbonyl (C=O) groups is 1. The largest absolute Gasteiger partial charge is 0.387 e. The van der Waals surface area contributed by atoms with Crippen molar-refractivity contribution in [1.29, 1.82) is 0 Å². The molecule has 3 rings (SSSR count). The van der Waals surface area contributed by atoms with Gasteiger partial charge in [0, 0.05) is 18.7 Å². The first kappa shape index (κ1) is 18.3. The van der Waals surface area contributed by atoms with E-state index in [1.54, 1.807) is 11.6 Å². The van der Waals surface area contributed by atoms with E-state index in [4.69, 9.17) is 5.21 Å². The van der Waals surface area contributed by atoms with E-state index in [0.717, 1.165) is 30.5 Å². The molecular weight excluding hydrogens is 328 g/mol. The maximum Gasteiger partial charge on any atom is 0.267 e. The molecule has 2 aromatic carbocycles. The van der Waals surface area contributed by atoms with E-state index < -0.39 is 12.0 Å². The van der Waals surface area contributed by atoms with Gasteiger partial charge in [-0.2, -0.15) is 0 Å². The summed E-state index contributed by atoms with van der Waals surface area (Å²) in [6, 6.07) is 18.1. The Morgan fingerprint density at radius 2 is 1.92 bits per heavy atom. The van der Waals surface area contributed by atoms with Crippen LogP contribution in [0.15, 0.2) is 60.7 Å². The first-order chi connectivity index (χ1) is 12.7. The summed E-state index contributed by atoms with van der Waals surface area (Å²) < 4.78 is 0. The first-order valence-electron chi connectivity index (χ1n) is 8.86. The van der Waals surface area contributed by atoms with Crippen molar-refractivity contribution in [3.8, 4) is 0 Å². The van der Waals surface area contributed by atoms with E-state index in [-0.39, 0.29) is 0 Å². The third-order valence-corrected chi connectivity index (χ3v) is 4.81. The van der Waals surface area contributed by atoms with E-state index in [1.165, 1.54) is 11.6 Å². The zero-order chi connectivity index (χ0) is 18.4. The van der Waals surface area contributed by atoms with E-state index in [1.807, 2.05) is 42.5 Å². The molecule has 136 valence electrons. The van der Waals surface area contributed by atoms with Crippen molar-refractivity contribution in [3.63, 3.8) is 0 Å². The number of aliphatic hydroxyl groups is 1. The van der Waals surface area contributed by atoms with Crippen LogP contribution in [-0.2, 0) is 4.79 Å². The van der Waals surface area contributed by atoms with Crippen molar-refractivity contribution >= 4 is 12.0 Å². The van der Waals surface area contributed by atoms with Crippen molar-refractivity contribution in [3.05, 3.63) is 77.4 Å². The van der Waals surface area contributed by atoms with E-state index in [0.29, 0.717) is 12.6 Å². The van der Waals surface area contributed by atoms with Crippen LogP contribution in [0, 0.1) is 0 Å². The number of nitrogens with zero attached hydrogens (tertiary/aromatic N) is 1. The summed E-state index contributed by atoms with van der Waals surface area (Å²) in [4.78, 5) is 13.4. The molecule has 1 heterocycles. The second kappa shape index (κ2) is 8.76. The third-order valence-electron chi connectivity index (χ3n) is 4.81. The number of β-amino-alcohol motifs (C(OH)–C–C–N with tert-alkyl or cyclic N) is 1. The Balaban J connectivity index is 1.66. The van der Waals surface area contributed by atoms with Gasteiger partial charge in [0.25, 0.3) is 5.91 Å². The maximum absolute atomic E-state index is 11.0. The van der Waals surface area contributed by atoms with Crippen LogP contribution >= 0.6 is 0 Å². The number of benzene rings is 2. The Morgan fingerprint density at radius 3 is 2.62 bits per heavy atom. The monoisotopic (exact) mass is 352 g/mol. The Bertz CT molecular complexity index is 744. The third kappa shape index (κ3) is 4.58. The van der Waals surface area contributed by atoms with Crippen LogP contribution in [0.1, 0.15) is 41.7 Å². The summed E-state index contributed by atoms with van der Waals surface area (Å²) in [7, 11) is 0. The van der Waals surface area contributed by atoms with Crippen molar-refractivity contribution in [2.24, 2.45) is 0 Å². The molecule has 0 radical (unpaired) electrons.